The molecule has 15 nitrogen and oxygen atoms in total. The lowest BCUT2D eigenvalue weighted by molar-refractivity contribution is -0.329. The van der Waals surface area contributed by atoms with Crippen molar-refractivity contribution in [1.29, 1.82) is 0 Å². The van der Waals surface area contributed by atoms with Crippen LogP contribution in [0.3, 0.4) is 0 Å². The first-order valence-electron chi connectivity index (χ1n) is 10.1. The second kappa shape index (κ2) is 10.8. The van der Waals surface area contributed by atoms with Crippen molar-refractivity contribution in [1.82, 2.24) is 0 Å². The van der Waals surface area contributed by atoms with E-state index < -0.39 is 92.5 Å². The van der Waals surface area contributed by atoms with Crippen molar-refractivity contribution in [3.05, 3.63) is 0 Å². The summed E-state index contributed by atoms with van der Waals surface area (Å²) in [6.07, 6.45) is -17.6. The molecule has 14 atom stereocenters. The van der Waals surface area contributed by atoms with Gasteiger partial charge in [-0.05, 0) is 0 Å². The number of aliphatic hydroxyl groups excluding tert-OH is 8. The summed E-state index contributed by atoms with van der Waals surface area (Å²) in [5.41, 5.74) is 12.1. The Hall–Kier alpha value is -0.600. The van der Waals surface area contributed by atoms with E-state index in [-0.39, 0.29) is 13.2 Å². The van der Waals surface area contributed by atoms with Crippen molar-refractivity contribution in [3.8, 4) is 0 Å². The molecule has 3 aliphatic rings. The quantitative estimate of drug-likeness (QED) is 0.172. The van der Waals surface area contributed by atoms with Crippen LogP contribution in [0.4, 0.5) is 0 Å². The van der Waals surface area contributed by atoms with Crippen molar-refractivity contribution >= 4 is 0 Å². The third-order valence-corrected chi connectivity index (χ3v) is 5.82. The van der Waals surface area contributed by atoms with E-state index in [1.165, 1.54) is 0 Å². The molecule has 3 saturated heterocycles. The molecule has 188 valence electrons. The predicted molar refractivity (Wildman–Crippen MR) is 99.2 cm³/mol. The van der Waals surface area contributed by atoms with E-state index in [1.807, 2.05) is 0 Å². The topological polar surface area (TPSA) is 260 Å². The van der Waals surface area contributed by atoms with E-state index in [2.05, 4.69) is 0 Å². The number of nitrogens with two attached hydrogens (primary N) is 2. The van der Waals surface area contributed by atoms with Crippen LogP contribution in [0.5, 0.6) is 0 Å². The summed E-state index contributed by atoms with van der Waals surface area (Å²) in [5, 5.41) is 78.1. The number of rotatable bonds is 6. The lowest BCUT2D eigenvalue weighted by Gasteiger charge is -2.45. The standard InChI is InChI=1S/C17H32N2O13/c18-4-2-28-16(29-3-6-9(22)10(23)12(25)15(27)30-6)7(19)14(4)32-17-13(26)11(24)8(21)5(1-20)31-17/h4-17,20-27H,1-3,18-19H2/t4-,5-,6-,7-,8-,9+,10+,11+,12-,13+,14+,15+,16+,17-/m1/s1. The molecule has 32 heavy (non-hydrogen) atoms. The van der Waals surface area contributed by atoms with Crippen molar-refractivity contribution in [2.24, 2.45) is 11.5 Å². The largest absolute Gasteiger partial charge is 0.394 e. The van der Waals surface area contributed by atoms with Gasteiger partial charge < -0.3 is 76.0 Å². The van der Waals surface area contributed by atoms with Gasteiger partial charge in [0.15, 0.2) is 18.9 Å². The molecule has 0 aromatic rings. The molecule has 3 rings (SSSR count). The minimum Gasteiger partial charge on any atom is -0.394 e. The van der Waals surface area contributed by atoms with Crippen LogP contribution < -0.4 is 11.5 Å². The number of aliphatic hydroxyl groups is 8. The van der Waals surface area contributed by atoms with Crippen LogP contribution in [-0.4, -0.2) is 147 Å². The zero-order valence-electron chi connectivity index (χ0n) is 17.0. The normalized spacial score (nSPS) is 52.7. The first-order chi connectivity index (χ1) is 15.1. The van der Waals surface area contributed by atoms with Gasteiger partial charge in [-0.25, -0.2) is 0 Å². The van der Waals surface area contributed by atoms with E-state index in [1.54, 1.807) is 0 Å². The fourth-order valence-electron chi connectivity index (χ4n) is 3.80. The van der Waals surface area contributed by atoms with Crippen molar-refractivity contribution < 1.29 is 64.5 Å². The Morgan fingerprint density at radius 3 is 2.03 bits per heavy atom. The maximum Gasteiger partial charge on any atom is 0.187 e. The van der Waals surface area contributed by atoms with Gasteiger partial charge in [0.2, 0.25) is 0 Å². The van der Waals surface area contributed by atoms with E-state index in [0.717, 1.165) is 0 Å². The van der Waals surface area contributed by atoms with Gasteiger partial charge in [0.1, 0.15) is 48.8 Å². The van der Waals surface area contributed by atoms with Gasteiger partial charge in [-0.3, -0.25) is 0 Å². The Morgan fingerprint density at radius 2 is 1.38 bits per heavy atom. The molecule has 0 radical (unpaired) electrons. The number of hydrogen-bond donors (Lipinski definition) is 10. The predicted octanol–water partition coefficient (Wildman–Crippen LogP) is -7.00. The summed E-state index contributed by atoms with van der Waals surface area (Å²) in [4.78, 5) is 0. The molecule has 0 unspecified atom stereocenters. The number of ether oxygens (including phenoxy) is 5. The molecule has 3 aliphatic heterocycles. The van der Waals surface area contributed by atoms with E-state index in [4.69, 9.17) is 35.2 Å². The molecular formula is C17H32N2O13. The van der Waals surface area contributed by atoms with E-state index >= 15 is 0 Å². The molecule has 3 fully saturated rings. The highest BCUT2D eigenvalue weighted by Crippen LogP contribution is 2.27. The van der Waals surface area contributed by atoms with Crippen LogP contribution >= 0.6 is 0 Å². The van der Waals surface area contributed by atoms with E-state index in [0.29, 0.717) is 0 Å². The van der Waals surface area contributed by atoms with Crippen molar-refractivity contribution in [2.75, 3.05) is 19.8 Å². The van der Waals surface area contributed by atoms with Gasteiger partial charge >= 0.3 is 0 Å². The molecule has 0 saturated carbocycles. The van der Waals surface area contributed by atoms with Crippen LogP contribution in [0.2, 0.25) is 0 Å². The maximum atomic E-state index is 10.2. The van der Waals surface area contributed by atoms with Crippen LogP contribution in [-0.2, 0) is 23.7 Å². The fourth-order valence-corrected chi connectivity index (χ4v) is 3.80. The Morgan fingerprint density at radius 1 is 0.750 bits per heavy atom. The summed E-state index contributed by atoms with van der Waals surface area (Å²) in [6, 6.07) is -1.86. The van der Waals surface area contributed by atoms with Crippen molar-refractivity contribution in [3.63, 3.8) is 0 Å². The first-order valence-corrected chi connectivity index (χ1v) is 10.1. The highest BCUT2D eigenvalue weighted by Gasteiger charge is 2.48. The first kappa shape index (κ1) is 26.0. The Labute approximate surface area is 182 Å². The average molecular weight is 472 g/mol. The summed E-state index contributed by atoms with van der Waals surface area (Å²) < 4.78 is 26.9. The van der Waals surface area contributed by atoms with Crippen LogP contribution in [0.25, 0.3) is 0 Å². The van der Waals surface area contributed by atoms with Gasteiger partial charge in [0.25, 0.3) is 0 Å². The lowest BCUT2D eigenvalue weighted by atomic mass is 9.98. The molecule has 3 heterocycles. The van der Waals surface area contributed by atoms with Gasteiger partial charge in [-0.1, -0.05) is 0 Å². The third-order valence-electron chi connectivity index (χ3n) is 5.82. The molecule has 0 amide bonds. The summed E-state index contributed by atoms with van der Waals surface area (Å²) in [5.74, 6) is 0. The molecule has 12 N–H and O–H groups in total. The highest BCUT2D eigenvalue weighted by molar-refractivity contribution is 4.94. The maximum absolute atomic E-state index is 10.2. The second-order valence-corrected chi connectivity index (χ2v) is 8.11. The highest BCUT2D eigenvalue weighted by atomic mass is 16.7. The van der Waals surface area contributed by atoms with Crippen molar-refractivity contribution in [2.45, 2.75) is 85.9 Å². The van der Waals surface area contributed by atoms with Crippen LogP contribution in [0, 0.1) is 0 Å². The minimum atomic E-state index is -1.74. The van der Waals surface area contributed by atoms with Gasteiger partial charge in [0.05, 0.1) is 38.0 Å². The smallest absolute Gasteiger partial charge is 0.187 e. The molecule has 0 aliphatic carbocycles. The Kier molecular flexibility index (Phi) is 8.75. The van der Waals surface area contributed by atoms with Crippen LogP contribution in [0.1, 0.15) is 0 Å². The third kappa shape index (κ3) is 5.22. The van der Waals surface area contributed by atoms with Gasteiger partial charge in [0, 0.05) is 0 Å². The molecule has 0 aromatic carbocycles. The summed E-state index contributed by atoms with van der Waals surface area (Å²) in [7, 11) is 0. The average Bonchev–Trinajstić information content (AvgIpc) is 2.77. The Balaban J connectivity index is 1.60. The molecule has 15 heteroatoms. The molecule has 0 aromatic heterocycles. The Bertz CT molecular complexity index is 603. The van der Waals surface area contributed by atoms with E-state index in [9.17, 15) is 40.9 Å². The molecular weight excluding hydrogens is 440 g/mol. The molecule has 0 spiro atoms. The summed E-state index contributed by atoms with van der Waals surface area (Å²) >= 11 is 0. The monoisotopic (exact) mass is 472 g/mol. The second-order valence-electron chi connectivity index (χ2n) is 8.11. The number of hydrogen-bond acceptors (Lipinski definition) is 15. The lowest BCUT2D eigenvalue weighted by Crippen LogP contribution is -2.66. The zero-order chi connectivity index (χ0) is 23.7. The SMILES string of the molecule is N[C@H]1[C@H](OC[C@H]2O[C@H](O)[C@H](O)[C@@H](O)[C@H]2O)OC[C@@H](N)[C@@H]1O[C@H]1O[C@H](CO)[C@@H](O)[C@H](O)[C@@H]1O. The van der Waals surface area contributed by atoms with Crippen LogP contribution in [0.15, 0.2) is 0 Å². The fraction of sp³-hybridized carbons (Fsp3) is 1.00. The van der Waals surface area contributed by atoms with Gasteiger partial charge in [-0.2, -0.15) is 0 Å². The summed E-state index contributed by atoms with van der Waals surface area (Å²) in [6.45, 7) is -1.13. The van der Waals surface area contributed by atoms with Gasteiger partial charge in [-0.15, -0.1) is 0 Å². The zero-order valence-corrected chi connectivity index (χ0v) is 17.0. The molecule has 0 bridgehead atoms. The minimum absolute atomic E-state index is 0.0987.